The predicted octanol–water partition coefficient (Wildman–Crippen LogP) is 2.09. The summed E-state index contributed by atoms with van der Waals surface area (Å²) in [6, 6.07) is 3.10. The fourth-order valence-corrected chi connectivity index (χ4v) is 1.78. The maximum atomic E-state index is 11.2. The molecule has 5 heteroatoms. The quantitative estimate of drug-likeness (QED) is 0.833. The van der Waals surface area contributed by atoms with Gasteiger partial charge in [-0.1, -0.05) is 11.6 Å². The topological polar surface area (TPSA) is 61.5 Å². The summed E-state index contributed by atoms with van der Waals surface area (Å²) in [7, 11) is 1.57. The number of esters is 1. The fourth-order valence-electron chi connectivity index (χ4n) is 1.52. The number of ether oxygens (including phenoxy) is 2. The zero-order valence-corrected chi connectivity index (χ0v) is 11.6. The Morgan fingerprint density at radius 3 is 2.72 bits per heavy atom. The van der Waals surface area contributed by atoms with E-state index in [-0.39, 0.29) is 0 Å². The number of carbonyl (C=O) groups excluding carboxylic acids is 1. The van der Waals surface area contributed by atoms with Crippen molar-refractivity contribution in [1.29, 1.82) is 0 Å². The highest BCUT2D eigenvalue weighted by Crippen LogP contribution is 2.28. The van der Waals surface area contributed by atoms with Crippen molar-refractivity contribution in [2.24, 2.45) is 5.73 Å². The van der Waals surface area contributed by atoms with E-state index in [9.17, 15) is 4.79 Å². The van der Waals surface area contributed by atoms with Crippen LogP contribution in [0.3, 0.4) is 0 Å². The maximum Gasteiger partial charge on any atom is 0.322 e. The molecule has 0 heterocycles. The summed E-state index contributed by atoms with van der Waals surface area (Å²) in [4.78, 5) is 11.2. The molecule has 0 bridgehead atoms. The van der Waals surface area contributed by atoms with Gasteiger partial charge in [-0.3, -0.25) is 4.79 Å². The van der Waals surface area contributed by atoms with Crippen molar-refractivity contribution in [3.05, 3.63) is 28.3 Å². The minimum absolute atomic E-state index is 0.296. The van der Waals surface area contributed by atoms with Crippen LogP contribution in [0.2, 0.25) is 5.02 Å². The minimum atomic E-state index is -0.592. The molecule has 0 aliphatic rings. The molecule has 2 N–H and O–H groups in total. The van der Waals surface area contributed by atoms with Crippen molar-refractivity contribution in [1.82, 2.24) is 0 Å². The van der Waals surface area contributed by atoms with Gasteiger partial charge in [-0.15, -0.1) is 0 Å². The van der Waals surface area contributed by atoms with Gasteiger partial charge in [-0.05, 0) is 37.1 Å². The SMILES string of the molecule is COc1cc(C)c(CCOC(=O)C(C)N)cc1Cl. The summed E-state index contributed by atoms with van der Waals surface area (Å²) >= 11 is 6.04. The summed E-state index contributed by atoms with van der Waals surface area (Å²) in [5.41, 5.74) is 7.47. The molecule has 0 radical (unpaired) electrons. The van der Waals surface area contributed by atoms with E-state index in [2.05, 4.69) is 0 Å². The molecule has 0 saturated carbocycles. The molecule has 1 rings (SSSR count). The van der Waals surface area contributed by atoms with Gasteiger partial charge in [0, 0.05) is 6.42 Å². The number of hydrogen-bond acceptors (Lipinski definition) is 4. The van der Waals surface area contributed by atoms with E-state index >= 15 is 0 Å². The zero-order chi connectivity index (χ0) is 13.7. The number of methoxy groups -OCH3 is 1. The second kappa shape index (κ2) is 6.61. The molecule has 0 aliphatic heterocycles. The van der Waals surface area contributed by atoms with Crippen LogP contribution in [0.5, 0.6) is 5.75 Å². The standard InChI is InChI=1S/C13H18ClNO3/c1-8-6-12(17-3)11(14)7-10(8)4-5-18-13(16)9(2)15/h6-7,9H,4-5,15H2,1-3H3. The molecule has 1 unspecified atom stereocenters. The highest BCUT2D eigenvalue weighted by Gasteiger charge is 2.10. The first kappa shape index (κ1) is 14.8. The Morgan fingerprint density at radius 2 is 2.17 bits per heavy atom. The summed E-state index contributed by atoms with van der Waals surface area (Å²) in [5, 5.41) is 0.552. The van der Waals surface area contributed by atoms with Crippen molar-refractivity contribution < 1.29 is 14.3 Å². The number of rotatable bonds is 5. The maximum absolute atomic E-state index is 11.2. The molecule has 0 saturated heterocycles. The van der Waals surface area contributed by atoms with Gasteiger partial charge in [0.25, 0.3) is 0 Å². The van der Waals surface area contributed by atoms with E-state index in [0.717, 1.165) is 11.1 Å². The summed E-state index contributed by atoms with van der Waals surface area (Å²) in [6.07, 6.45) is 0.605. The van der Waals surface area contributed by atoms with Crippen molar-refractivity contribution in [3.8, 4) is 5.75 Å². The molecule has 0 aromatic heterocycles. The van der Waals surface area contributed by atoms with Gasteiger partial charge in [0.15, 0.2) is 0 Å². The van der Waals surface area contributed by atoms with Crippen molar-refractivity contribution in [3.63, 3.8) is 0 Å². The van der Waals surface area contributed by atoms with Crippen LogP contribution in [0.4, 0.5) is 0 Å². The van der Waals surface area contributed by atoms with Crippen molar-refractivity contribution >= 4 is 17.6 Å². The minimum Gasteiger partial charge on any atom is -0.495 e. The number of halogens is 1. The third-order valence-corrected chi connectivity index (χ3v) is 2.89. The van der Waals surface area contributed by atoms with Crippen molar-refractivity contribution in [2.45, 2.75) is 26.3 Å². The molecular weight excluding hydrogens is 254 g/mol. The molecular formula is C13H18ClNO3. The van der Waals surface area contributed by atoms with E-state index in [1.165, 1.54) is 0 Å². The van der Waals surface area contributed by atoms with E-state index < -0.39 is 12.0 Å². The number of nitrogens with two attached hydrogens (primary N) is 1. The fraction of sp³-hybridized carbons (Fsp3) is 0.462. The molecule has 18 heavy (non-hydrogen) atoms. The van der Waals surface area contributed by atoms with Crippen LogP contribution in [0.15, 0.2) is 12.1 Å². The number of hydrogen-bond donors (Lipinski definition) is 1. The van der Waals surface area contributed by atoms with E-state index in [0.29, 0.717) is 23.8 Å². The number of benzene rings is 1. The Hall–Kier alpha value is -1.26. The third-order valence-electron chi connectivity index (χ3n) is 2.60. The van der Waals surface area contributed by atoms with Crippen molar-refractivity contribution in [2.75, 3.05) is 13.7 Å². The van der Waals surface area contributed by atoms with E-state index in [4.69, 9.17) is 26.8 Å². The lowest BCUT2D eigenvalue weighted by atomic mass is 10.1. The van der Waals surface area contributed by atoms with Crippen LogP contribution in [-0.4, -0.2) is 25.7 Å². The summed E-state index contributed by atoms with van der Waals surface area (Å²) < 4.78 is 10.1. The van der Waals surface area contributed by atoms with Gasteiger partial charge >= 0.3 is 5.97 Å². The first-order valence-corrected chi connectivity index (χ1v) is 6.08. The molecule has 0 aliphatic carbocycles. The largest absolute Gasteiger partial charge is 0.495 e. The van der Waals surface area contributed by atoms with Gasteiger partial charge in [0.2, 0.25) is 0 Å². The highest BCUT2D eigenvalue weighted by atomic mass is 35.5. The molecule has 1 atom stereocenters. The van der Waals surface area contributed by atoms with Gasteiger partial charge in [-0.2, -0.15) is 0 Å². The second-order valence-electron chi connectivity index (χ2n) is 4.12. The van der Waals surface area contributed by atoms with Crippen LogP contribution in [-0.2, 0) is 16.0 Å². The molecule has 0 fully saturated rings. The Kier molecular flexibility index (Phi) is 5.44. The lowest BCUT2D eigenvalue weighted by molar-refractivity contribution is -0.144. The molecule has 0 spiro atoms. The average molecular weight is 272 g/mol. The lowest BCUT2D eigenvalue weighted by Gasteiger charge is -2.11. The van der Waals surface area contributed by atoms with Gasteiger partial charge in [0.05, 0.1) is 18.7 Å². The first-order valence-electron chi connectivity index (χ1n) is 5.71. The Labute approximate surface area is 112 Å². The molecule has 1 aromatic rings. The van der Waals surface area contributed by atoms with Crippen LogP contribution in [0.25, 0.3) is 0 Å². The van der Waals surface area contributed by atoms with Crippen LogP contribution in [0, 0.1) is 6.92 Å². The number of carbonyl (C=O) groups is 1. The monoisotopic (exact) mass is 271 g/mol. The van der Waals surface area contributed by atoms with Crippen LogP contribution >= 0.6 is 11.6 Å². The number of aryl methyl sites for hydroxylation is 1. The molecule has 100 valence electrons. The highest BCUT2D eigenvalue weighted by molar-refractivity contribution is 6.32. The Balaban J connectivity index is 2.63. The molecule has 0 amide bonds. The first-order chi connectivity index (χ1) is 8.45. The van der Waals surface area contributed by atoms with E-state index in [1.54, 1.807) is 14.0 Å². The smallest absolute Gasteiger partial charge is 0.322 e. The molecule has 4 nitrogen and oxygen atoms in total. The average Bonchev–Trinajstić information content (AvgIpc) is 2.32. The van der Waals surface area contributed by atoms with Gasteiger partial charge in [0.1, 0.15) is 11.8 Å². The normalized spacial score (nSPS) is 12.1. The summed E-state index contributed by atoms with van der Waals surface area (Å²) in [5.74, 6) is 0.248. The predicted molar refractivity (Wildman–Crippen MR) is 71.1 cm³/mol. The lowest BCUT2D eigenvalue weighted by Crippen LogP contribution is -2.29. The third kappa shape index (κ3) is 3.89. The second-order valence-corrected chi connectivity index (χ2v) is 4.53. The zero-order valence-electron chi connectivity index (χ0n) is 10.8. The Bertz CT molecular complexity index is 432. The van der Waals surface area contributed by atoms with E-state index in [1.807, 2.05) is 19.1 Å². The van der Waals surface area contributed by atoms with Crippen LogP contribution in [0.1, 0.15) is 18.1 Å². The Morgan fingerprint density at radius 1 is 1.50 bits per heavy atom. The van der Waals surface area contributed by atoms with Gasteiger partial charge in [-0.25, -0.2) is 0 Å². The molecule has 1 aromatic carbocycles. The summed E-state index contributed by atoms with van der Waals surface area (Å²) in [6.45, 7) is 3.85. The van der Waals surface area contributed by atoms with Gasteiger partial charge < -0.3 is 15.2 Å². The van der Waals surface area contributed by atoms with Crippen LogP contribution < -0.4 is 10.5 Å².